The first-order chi connectivity index (χ1) is 12.3. The molecule has 2 aromatic rings. The van der Waals surface area contributed by atoms with Gasteiger partial charge in [0.15, 0.2) is 0 Å². The summed E-state index contributed by atoms with van der Waals surface area (Å²) in [7, 11) is 0. The zero-order valence-electron chi connectivity index (χ0n) is 15.4. The van der Waals surface area contributed by atoms with Gasteiger partial charge in [-0.25, -0.2) is 9.78 Å². The van der Waals surface area contributed by atoms with Crippen LogP contribution in [0.1, 0.15) is 45.2 Å². The fourth-order valence-electron chi connectivity index (χ4n) is 3.02. The van der Waals surface area contributed by atoms with E-state index in [9.17, 15) is 9.59 Å². The van der Waals surface area contributed by atoms with Crippen LogP contribution in [0.25, 0.3) is 11.4 Å². The third-order valence-corrected chi connectivity index (χ3v) is 4.28. The van der Waals surface area contributed by atoms with Crippen LogP contribution in [0.2, 0.25) is 0 Å². The van der Waals surface area contributed by atoms with E-state index in [2.05, 4.69) is 15.0 Å². The van der Waals surface area contributed by atoms with Gasteiger partial charge >= 0.3 is 6.09 Å². The summed E-state index contributed by atoms with van der Waals surface area (Å²) in [6.07, 6.45) is 4.56. The van der Waals surface area contributed by atoms with Crippen LogP contribution in [0.15, 0.2) is 35.4 Å². The Hall–Kier alpha value is -2.70. The van der Waals surface area contributed by atoms with Gasteiger partial charge in [-0.1, -0.05) is 0 Å². The molecule has 2 aromatic heterocycles. The second-order valence-corrected chi connectivity index (χ2v) is 7.50. The lowest BCUT2D eigenvalue weighted by molar-refractivity contribution is 0.0204. The monoisotopic (exact) mass is 356 g/mol. The largest absolute Gasteiger partial charge is 0.444 e. The number of likely N-dealkylation sites (tertiary alicyclic amines) is 1. The third-order valence-electron chi connectivity index (χ3n) is 4.28. The molecule has 1 amide bonds. The third kappa shape index (κ3) is 4.47. The summed E-state index contributed by atoms with van der Waals surface area (Å²) < 4.78 is 5.42. The lowest BCUT2D eigenvalue weighted by atomic mass is 9.93. The van der Waals surface area contributed by atoms with E-state index < -0.39 is 5.60 Å². The first kappa shape index (κ1) is 18.1. The molecule has 0 bridgehead atoms. The molecule has 1 aliphatic rings. The molecule has 0 atom stereocenters. The van der Waals surface area contributed by atoms with Crippen LogP contribution < -0.4 is 5.56 Å². The van der Waals surface area contributed by atoms with Crippen molar-refractivity contribution >= 4 is 6.09 Å². The Labute approximate surface area is 152 Å². The Morgan fingerprint density at radius 1 is 1.23 bits per heavy atom. The quantitative estimate of drug-likeness (QED) is 0.894. The first-order valence-electron chi connectivity index (χ1n) is 8.81. The highest BCUT2D eigenvalue weighted by atomic mass is 16.6. The number of nitrogens with one attached hydrogen (secondary N) is 1. The average Bonchev–Trinajstić information content (AvgIpc) is 2.61. The van der Waals surface area contributed by atoms with E-state index in [1.54, 1.807) is 23.4 Å². The van der Waals surface area contributed by atoms with Crippen LogP contribution in [0.3, 0.4) is 0 Å². The number of hydrogen-bond donors (Lipinski definition) is 1. The predicted molar refractivity (Wildman–Crippen MR) is 97.9 cm³/mol. The van der Waals surface area contributed by atoms with Crippen molar-refractivity contribution in [1.82, 2.24) is 19.9 Å². The number of hydrogen-bond acceptors (Lipinski definition) is 5. The van der Waals surface area contributed by atoms with E-state index >= 15 is 0 Å². The molecule has 0 aromatic carbocycles. The predicted octanol–water partition coefficient (Wildman–Crippen LogP) is 2.95. The zero-order valence-corrected chi connectivity index (χ0v) is 15.4. The van der Waals surface area contributed by atoms with Gasteiger partial charge in [0.2, 0.25) is 0 Å². The minimum absolute atomic E-state index is 0.150. The van der Waals surface area contributed by atoms with E-state index in [1.165, 1.54) is 0 Å². The van der Waals surface area contributed by atoms with Crippen LogP contribution in [-0.2, 0) is 4.74 Å². The number of piperidine rings is 1. The average molecular weight is 356 g/mol. The molecule has 0 unspecified atom stereocenters. The van der Waals surface area contributed by atoms with E-state index in [0.29, 0.717) is 18.9 Å². The second kappa shape index (κ2) is 7.27. The molecule has 1 saturated heterocycles. The minimum atomic E-state index is -0.498. The molecule has 3 heterocycles. The molecule has 26 heavy (non-hydrogen) atoms. The Balaban J connectivity index is 1.71. The van der Waals surface area contributed by atoms with E-state index in [-0.39, 0.29) is 17.6 Å². The number of pyridine rings is 1. The summed E-state index contributed by atoms with van der Waals surface area (Å²) in [6.45, 7) is 6.77. The fourth-order valence-corrected chi connectivity index (χ4v) is 3.02. The highest BCUT2D eigenvalue weighted by Crippen LogP contribution is 2.27. The normalized spacial score (nSPS) is 15.7. The Bertz CT molecular complexity index is 819. The molecule has 7 heteroatoms. The van der Waals surface area contributed by atoms with Crippen molar-refractivity contribution < 1.29 is 9.53 Å². The smallest absolute Gasteiger partial charge is 0.410 e. The Morgan fingerprint density at radius 2 is 1.88 bits per heavy atom. The Morgan fingerprint density at radius 3 is 2.50 bits per heavy atom. The Kier molecular flexibility index (Phi) is 5.06. The summed E-state index contributed by atoms with van der Waals surface area (Å²) in [4.78, 5) is 37.4. The maximum atomic E-state index is 12.2. The molecule has 3 rings (SSSR count). The topological polar surface area (TPSA) is 88.2 Å². The maximum Gasteiger partial charge on any atom is 0.410 e. The first-order valence-corrected chi connectivity index (χ1v) is 8.81. The molecule has 138 valence electrons. The SMILES string of the molecule is CC(C)(C)OC(=O)N1CCC(c2cc(=O)[nH]c(-c3ccncc3)n2)CC1. The molecule has 7 nitrogen and oxygen atoms in total. The van der Waals surface area contributed by atoms with Crippen molar-refractivity contribution in [3.05, 3.63) is 46.6 Å². The van der Waals surface area contributed by atoms with Crippen molar-refractivity contribution in [3.63, 3.8) is 0 Å². The molecule has 0 aliphatic carbocycles. The number of carbonyl (C=O) groups is 1. The van der Waals surface area contributed by atoms with Gasteiger partial charge in [0.05, 0.1) is 5.69 Å². The lowest BCUT2D eigenvalue weighted by Crippen LogP contribution is -2.41. The summed E-state index contributed by atoms with van der Waals surface area (Å²) in [5.41, 5.74) is 0.924. The van der Waals surface area contributed by atoms with Crippen LogP contribution >= 0.6 is 0 Å². The molecule has 0 radical (unpaired) electrons. The van der Waals surface area contributed by atoms with Gasteiger partial charge < -0.3 is 14.6 Å². The molecular formula is C19H24N4O3. The number of rotatable bonds is 2. The van der Waals surface area contributed by atoms with Gasteiger partial charge in [-0.15, -0.1) is 0 Å². The summed E-state index contributed by atoms with van der Waals surface area (Å²) in [5.74, 6) is 0.695. The number of amides is 1. The molecule has 0 spiro atoms. The van der Waals surface area contributed by atoms with Crippen LogP contribution in [0, 0.1) is 0 Å². The summed E-state index contributed by atoms with van der Waals surface area (Å²) >= 11 is 0. The van der Waals surface area contributed by atoms with Crippen LogP contribution in [0.5, 0.6) is 0 Å². The lowest BCUT2D eigenvalue weighted by Gasteiger charge is -2.33. The van der Waals surface area contributed by atoms with E-state index in [0.717, 1.165) is 24.1 Å². The van der Waals surface area contributed by atoms with Crippen molar-refractivity contribution in [2.24, 2.45) is 0 Å². The number of carbonyl (C=O) groups excluding carboxylic acids is 1. The molecule has 1 N–H and O–H groups in total. The van der Waals surface area contributed by atoms with Gasteiger partial charge in [0.1, 0.15) is 11.4 Å². The molecular weight excluding hydrogens is 332 g/mol. The molecule has 1 fully saturated rings. The van der Waals surface area contributed by atoms with E-state index in [1.807, 2.05) is 32.9 Å². The maximum absolute atomic E-state index is 12.2. The van der Waals surface area contributed by atoms with Gasteiger partial charge in [-0.3, -0.25) is 9.78 Å². The highest BCUT2D eigenvalue weighted by Gasteiger charge is 2.28. The number of nitrogens with zero attached hydrogens (tertiary/aromatic N) is 3. The van der Waals surface area contributed by atoms with Gasteiger partial charge in [0, 0.05) is 43.0 Å². The number of aromatic amines is 1. The molecule has 0 saturated carbocycles. The summed E-state index contributed by atoms with van der Waals surface area (Å²) in [6, 6.07) is 5.18. The van der Waals surface area contributed by atoms with Gasteiger partial charge in [-0.05, 0) is 45.7 Å². The van der Waals surface area contributed by atoms with Crippen molar-refractivity contribution in [2.75, 3.05) is 13.1 Å². The van der Waals surface area contributed by atoms with Crippen molar-refractivity contribution in [3.8, 4) is 11.4 Å². The standard InChI is InChI=1S/C19H24N4O3/c1-19(2,3)26-18(25)23-10-6-13(7-11-23)15-12-16(24)22-17(21-15)14-4-8-20-9-5-14/h4-5,8-9,12-13H,6-7,10-11H2,1-3H3,(H,21,22,24). The molecule has 1 aliphatic heterocycles. The van der Waals surface area contributed by atoms with Gasteiger partial charge in [-0.2, -0.15) is 0 Å². The number of H-pyrrole nitrogens is 1. The van der Waals surface area contributed by atoms with Crippen LogP contribution in [0.4, 0.5) is 4.79 Å². The summed E-state index contributed by atoms with van der Waals surface area (Å²) in [5, 5.41) is 0. The fraction of sp³-hybridized carbons (Fsp3) is 0.474. The van der Waals surface area contributed by atoms with E-state index in [4.69, 9.17) is 4.74 Å². The van der Waals surface area contributed by atoms with Crippen molar-refractivity contribution in [1.29, 1.82) is 0 Å². The number of aromatic nitrogens is 3. The van der Waals surface area contributed by atoms with Crippen molar-refractivity contribution in [2.45, 2.75) is 45.1 Å². The highest BCUT2D eigenvalue weighted by molar-refractivity contribution is 5.68. The number of ether oxygens (including phenoxy) is 1. The van der Waals surface area contributed by atoms with Gasteiger partial charge in [0.25, 0.3) is 5.56 Å². The zero-order chi connectivity index (χ0) is 18.7. The minimum Gasteiger partial charge on any atom is -0.444 e. The van der Waals surface area contributed by atoms with Crippen LogP contribution in [-0.4, -0.2) is 44.6 Å². The second-order valence-electron chi connectivity index (χ2n) is 7.50.